The van der Waals surface area contributed by atoms with Crippen LogP contribution in [0.25, 0.3) is 0 Å². The van der Waals surface area contributed by atoms with Crippen molar-refractivity contribution in [3.63, 3.8) is 0 Å². The Hall–Kier alpha value is -4.21. The Morgan fingerprint density at radius 2 is 1.57 bits per heavy atom. The molecule has 1 saturated heterocycles. The molecule has 3 aromatic rings. The number of nitrogens with zero attached hydrogens (tertiary/aromatic N) is 1. The number of aliphatic carboxylic acids is 2. The zero-order valence-corrected chi connectivity index (χ0v) is 19.2. The quantitative estimate of drug-likeness (QED) is 0.440. The third-order valence-electron chi connectivity index (χ3n) is 6.60. The number of carboxylic acid groups (broad SMARTS) is 2. The van der Waals surface area contributed by atoms with E-state index in [1.165, 1.54) is 12.1 Å². The SMILES string of the molecule is O=C(O)C1CC(Cc2ccccc2)(C(=O)O)N(C(=O)c2ccc(C(F)(F)F)cc2)C1c1cccc(F)c1. The molecule has 10 heteroatoms. The molecule has 0 spiro atoms. The minimum Gasteiger partial charge on any atom is -0.481 e. The molecule has 37 heavy (non-hydrogen) atoms. The van der Waals surface area contributed by atoms with E-state index in [9.17, 15) is 42.2 Å². The van der Waals surface area contributed by atoms with Gasteiger partial charge in [-0.2, -0.15) is 13.2 Å². The molecule has 4 rings (SSSR count). The molecule has 6 nitrogen and oxygen atoms in total. The van der Waals surface area contributed by atoms with E-state index in [0.717, 1.165) is 29.2 Å². The van der Waals surface area contributed by atoms with Gasteiger partial charge in [0, 0.05) is 12.0 Å². The molecular weight excluding hydrogens is 494 g/mol. The second kappa shape index (κ2) is 9.68. The van der Waals surface area contributed by atoms with Crippen molar-refractivity contribution in [2.24, 2.45) is 5.92 Å². The van der Waals surface area contributed by atoms with Gasteiger partial charge in [-0.05, 0) is 53.9 Å². The highest BCUT2D eigenvalue weighted by Gasteiger charge is 2.60. The lowest BCUT2D eigenvalue weighted by molar-refractivity contribution is -0.149. The van der Waals surface area contributed by atoms with Crippen LogP contribution in [0, 0.1) is 11.7 Å². The predicted molar refractivity (Wildman–Crippen MR) is 123 cm³/mol. The first kappa shape index (κ1) is 25.9. The maximum absolute atomic E-state index is 14.2. The Bertz CT molecular complexity index is 1330. The molecule has 3 aromatic carbocycles. The van der Waals surface area contributed by atoms with Crippen LogP contribution in [0.5, 0.6) is 0 Å². The third kappa shape index (κ3) is 4.91. The fraction of sp³-hybridized carbons (Fsp3) is 0.222. The van der Waals surface area contributed by atoms with Crippen molar-refractivity contribution in [3.05, 3.63) is 107 Å². The summed E-state index contributed by atoms with van der Waals surface area (Å²) in [6, 6.07) is 14.9. The van der Waals surface area contributed by atoms with Crippen LogP contribution in [-0.4, -0.2) is 38.5 Å². The van der Waals surface area contributed by atoms with Crippen LogP contribution in [0.4, 0.5) is 17.6 Å². The Labute approximate surface area is 208 Å². The lowest BCUT2D eigenvalue weighted by atomic mass is 9.84. The number of halogens is 4. The van der Waals surface area contributed by atoms with Gasteiger partial charge in [-0.3, -0.25) is 9.59 Å². The number of hydrogen-bond donors (Lipinski definition) is 2. The van der Waals surface area contributed by atoms with Crippen LogP contribution in [0.2, 0.25) is 0 Å². The smallest absolute Gasteiger partial charge is 0.416 e. The average Bonchev–Trinajstić information content (AvgIpc) is 3.20. The van der Waals surface area contributed by atoms with Crippen molar-refractivity contribution in [1.82, 2.24) is 4.90 Å². The number of likely N-dealkylation sites (tertiary alicyclic amines) is 1. The Morgan fingerprint density at radius 3 is 2.11 bits per heavy atom. The molecule has 1 amide bonds. The van der Waals surface area contributed by atoms with Crippen molar-refractivity contribution >= 4 is 17.8 Å². The summed E-state index contributed by atoms with van der Waals surface area (Å²) in [6.45, 7) is 0. The second-order valence-electron chi connectivity index (χ2n) is 8.90. The molecule has 2 N–H and O–H groups in total. The number of rotatable bonds is 6. The van der Waals surface area contributed by atoms with Gasteiger partial charge in [0.25, 0.3) is 5.91 Å². The molecule has 1 aliphatic heterocycles. The van der Waals surface area contributed by atoms with Gasteiger partial charge in [0.15, 0.2) is 0 Å². The molecule has 0 bridgehead atoms. The van der Waals surface area contributed by atoms with Crippen molar-refractivity contribution in [2.75, 3.05) is 0 Å². The van der Waals surface area contributed by atoms with Crippen molar-refractivity contribution in [3.8, 4) is 0 Å². The molecule has 0 radical (unpaired) electrons. The molecule has 0 aromatic heterocycles. The zero-order chi connectivity index (χ0) is 27.0. The lowest BCUT2D eigenvalue weighted by Gasteiger charge is -2.38. The topological polar surface area (TPSA) is 94.9 Å². The normalized spacial score (nSPS) is 21.6. The molecule has 1 aliphatic rings. The number of alkyl halides is 3. The third-order valence-corrected chi connectivity index (χ3v) is 6.60. The Morgan fingerprint density at radius 1 is 0.919 bits per heavy atom. The van der Waals surface area contributed by atoms with Crippen LogP contribution in [0.15, 0.2) is 78.9 Å². The summed E-state index contributed by atoms with van der Waals surface area (Å²) >= 11 is 0. The fourth-order valence-electron chi connectivity index (χ4n) is 4.93. The van der Waals surface area contributed by atoms with E-state index in [4.69, 9.17) is 0 Å². The van der Waals surface area contributed by atoms with Gasteiger partial charge in [0.2, 0.25) is 0 Å². The lowest BCUT2D eigenvalue weighted by Crippen LogP contribution is -2.55. The highest BCUT2D eigenvalue weighted by Crippen LogP contribution is 2.49. The van der Waals surface area contributed by atoms with E-state index < -0.39 is 59.3 Å². The molecule has 3 unspecified atom stereocenters. The van der Waals surface area contributed by atoms with E-state index >= 15 is 0 Å². The molecule has 0 aliphatic carbocycles. The summed E-state index contributed by atoms with van der Waals surface area (Å²) < 4.78 is 53.4. The van der Waals surface area contributed by atoms with Gasteiger partial charge in [0.05, 0.1) is 17.5 Å². The summed E-state index contributed by atoms with van der Waals surface area (Å²) in [7, 11) is 0. The standard InChI is InChI=1S/C27H21F4NO5/c28-20-8-4-7-18(13-20)22-21(24(34)35)15-26(25(36)37,14-16-5-2-1-3-6-16)32(22)23(33)17-9-11-19(12-10-17)27(29,30)31/h1-13,21-22H,14-15H2,(H,34,35)(H,36,37). The number of benzene rings is 3. The number of carboxylic acids is 2. The highest BCUT2D eigenvalue weighted by atomic mass is 19.4. The van der Waals surface area contributed by atoms with Crippen molar-refractivity contribution < 1.29 is 42.2 Å². The van der Waals surface area contributed by atoms with Gasteiger partial charge in [-0.25, -0.2) is 9.18 Å². The van der Waals surface area contributed by atoms with Crippen LogP contribution in [0.3, 0.4) is 0 Å². The van der Waals surface area contributed by atoms with E-state index in [1.807, 2.05) is 0 Å². The molecule has 1 heterocycles. The summed E-state index contributed by atoms with van der Waals surface area (Å²) in [5, 5.41) is 20.5. The van der Waals surface area contributed by atoms with Gasteiger partial charge in [-0.1, -0.05) is 42.5 Å². The maximum atomic E-state index is 14.2. The van der Waals surface area contributed by atoms with Gasteiger partial charge in [-0.15, -0.1) is 0 Å². The summed E-state index contributed by atoms with van der Waals surface area (Å²) in [5.41, 5.74) is -2.80. The molecule has 3 atom stereocenters. The number of hydrogen-bond acceptors (Lipinski definition) is 3. The summed E-state index contributed by atoms with van der Waals surface area (Å²) in [6.07, 6.45) is -5.43. The van der Waals surface area contributed by atoms with Crippen molar-refractivity contribution in [2.45, 2.75) is 30.6 Å². The number of carbonyl (C=O) groups is 3. The van der Waals surface area contributed by atoms with Gasteiger partial charge >= 0.3 is 18.1 Å². The van der Waals surface area contributed by atoms with Crippen LogP contribution in [-0.2, 0) is 22.2 Å². The van der Waals surface area contributed by atoms with E-state index in [-0.39, 0.29) is 17.5 Å². The number of amides is 1. The largest absolute Gasteiger partial charge is 0.481 e. The maximum Gasteiger partial charge on any atom is 0.416 e. The molecule has 0 saturated carbocycles. The zero-order valence-electron chi connectivity index (χ0n) is 19.2. The van der Waals surface area contributed by atoms with Crippen LogP contribution < -0.4 is 0 Å². The average molecular weight is 515 g/mol. The van der Waals surface area contributed by atoms with Crippen LogP contribution >= 0.6 is 0 Å². The Kier molecular flexibility index (Phi) is 6.77. The predicted octanol–water partition coefficient (Wildman–Crippen LogP) is 5.20. The van der Waals surface area contributed by atoms with E-state index in [1.54, 1.807) is 30.3 Å². The van der Waals surface area contributed by atoms with Gasteiger partial charge < -0.3 is 15.1 Å². The minimum atomic E-state index is -4.66. The highest BCUT2D eigenvalue weighted by molar-refractivity contribution is 6.00. The Balaban J connectivity index is 1.91. The fourth-order valence-corrected chi connectivity index (χ4v) is 4.93. The minimum absolute atomic E-state index is 0.0591. The van der Waals surface area contributed by atoms with Crippen LogP contribution in [0.1, 0.15) is 39.5 Å². The monoisotopic (exact) mass is 515 g/mol. The first-order valence-electron chi connectivity index (χ1n) is 11.2. The summed E-state index contributed by atoms with van der Waals surface area (Å²) in [5.74, 6) is -6.01. The molecule has 192 valence electrons. The molecule has 1 fully saturated rings. The first-order valence-corrected chi connectivity index (χ1v) is 11.2. The van der Waals surface area contributed by atoms with E-state index in [0.29, 0.717) is 17.7 Å². The first-order chi connectivity index (χ1) is 17.4. The van der Waals surface area contributed by atoms with E-state index in [2.05, 4.69) is 0 Å². The van der Waals surface area contributed by atoms with Crippen molar-refractivity contribution in [1.29, 1.82) is 0 Å². The summed E-state index contributed by atoms with van der Waals surface area (Å²) in [4.78, 5) is 39.9. The number of carbonyl (C=O) groups excluding carboxylic acids is 1. The van der Waals surface area contributed by atoms with Gasteiger partial charge in [0.1, 0.15) is 11.4 Å². The second-order valence-corrected chi connectivity index (χ2v) is 8.90. The molecular formula is C27H21F4NO5.